The Morgan fingerprint density at radius 1 is 0.970 bits per heavy atom. The number of amides is 2. The fraction of sp³-hybridized carbons (Fsp3) is 0.400. The summed E-state index contributed by atoms with van der Waals surface area (Å²) in [5, 5.41) is 5.58. The molecule has 1 heterocycles. The molecule has 0 saturated heterocycles. The van der Waals surface area contributed by atoms with E-state index in [9.17, 15) is 14.4 Å². The first-order valence-electron chi connectivity index (χ1n) is 11.1. The summed E-state index contributed by atoms with van der Waals surface area (Å²) in [4.78, 5) is 36.7. The Hall–Kier alpha value is -3.55. The molecule has 0 spiro atoms. The predicted octanol–water partition coefficient (Wildman–Crippen LogP) is 3.09. The van der Waals surface area contributed by atoms with E-state index >= 15 is 0 Å². The first-order valence-corrected chi connectivity index (χ1v) is 11.1. The maximum Gasteiger partial charge on any atom is 0.325 e. The van der Waals surface area contributed by atoms with E-state index in [1.165, 1.54) is 7.11 Å². The molecule has 2 aromatic rings. The van der Waals surface area contributed by atoms with Crippen molar-refractivity contribution in [1.82, 2.24) is 5.32 Å². The average Bonchev–Trinajstić information content (AvgIpc) is 3.32. The van der Waals surface area contributed by atoms with Gasteiger partial charge in [0.1, 0.15) is 6.54 Å². The van der Waals surface area contributed by atoms with Gasteiger partial charge in [0.25, 0.3) is 0 Å². The van der Waals surface area contributed by atoms with Crippen molar-refractivity contribution in [2.24, 2.45) is 0 Å². The molecule has 8 nitrogen and oxygen atoms in total. The Morgan fingerprint density at radius 3 is 2.42 bits per heavy atom. The summed E-state index contributed by atoms with van der Waals surface area (Å²) in [7, 11) is 1.27. The zero-order valence-corrected chi connectivity index (χ0v) is 18.6. The maximum atomic E-state index is 13.5. The summed E-state index contributed by atoms with van der Waals surface area (Å²) in [6.45, 7) is 0.0382. The molecule has 0 unspecified atom stereocenters. The standard InChI is InChI=1S/C25H28N2O6/c1-31-23(29)15-26-22(28)13-17-5-8-19(9-6-17)27-24(30)25(11-3-2-4-12-25)18-7-10-20-21(14-18)33-16-32-20/h5-10,14H,2-4,11-13,15-16H2,1H3,(H,26,28)(H,27,30). The van der Waals surface area contributed by atoms with Crippen LogP contribution in [-0.2, 0) is 31.0 Å². The monoisotopic (exact) mass is 452 g/mol. The van der Waals surface area contributed by atoms with Crippen molar-refractivity contribution in [2.75, 3.05) is 25.8 Å². The molecule has 1 aliphatic heterocycles. The Morgan fingerprint density at radius 2 is 1.70 bits per heavy atom. The number of carbonyl (C=O) groups is 3. The Kier molecular flexibility index (Phi) is 6.82. The van der Waals surface area contributed by atoms with E-state index in [-0.39, 0.29) is 31.6 Å². The van der Waals surface area contributed by atoms with Gasteiger partial charge in [-0.15, -0.1) is 0 Å². The number of nitrogens with one attached hydrogen (secondary N) is 2. The first kappa shape index (κ1) is 22.6. The molecule has 2 aromatic carbocycles. The van der Waals surface area contributed by atoms with Crippen molar-refractivity contribution < 1.29 is 28.6 Å². The molecule has 1 aliphatic carbocycles. The zero-order chi connectivity index (χ0) is 23.3. The molecule has 2 N–H and O–H groups in total. The van der Waals surface area contributed by atoms with Crippen LogP contribution >= 0.6 is 0 Å². The van der Waals surface area contributed by atoms with E-state index in [1.807, 2.05) is 18.2 Å². The molecule has 1 saturated carbocycles. The van der Waals surface area contributed by atoms with E-state index in [2.05, 4.69) is 15.4 Å². The number of hydrogen-bond donors (Lipinski definition) is 2. The van der Waals surface area contributed by atoms with Crippen LogP contribution in [0, 0.1) is 0 Å². The molecule has 2 aliphatic rings. The number of benzene rings is 2. The highest BCUT2D eigenvalue weighted by Gasteiger charge is 2.42. The number of anilines is 1. The third kappa shape index (κ3) is 5.10. The van der Waals surface area contributed by atoms with Gasteiger partial charge < -0.3 is 24.8 Å². The van der Waals surface area contributed by atoms with Crippen molar-refractivity contribution in [1.29, 1.82) is 0 Å². The number of ether oxygens (including phenoxy) is 3. The smallest absolute Gasteiger partial charge is 0.325 e. The third-order valence-electron chi connectivity index (χ3n) is 6.30. The molecule has 8 heteroatoms. The van der Waals surface area contributed by atoms with Gasteiger partial charge in [0, 0.05) is 5.69 Å². The largest absolute Gasteiger partial charge is 0.468 e. The summed E-state index contributed by atoms with van der Waals surface area (Å²) in [5.74, 6) is 0.572. The van der Waals surface area contributed by atoms with E-state index in [4.69, 9.17) is 9.47 Å². The number of rotatable bonds is 7. The van der Waals surface area contributed by atoms with Gasteiger partial charge in [-0.05, 0) is 48.2 Å². The number of hydrogen-bond acceptors (Lipinski definition) is 6. The van der Waals surface area contributed by atoms with Crippen molar-refractivity contribution in [3.8, 4) is 11.5 Å². The van der Waals surface area contributed by atoms with Crippen LogP contribution in [0.5, 0.6) is 11.5 Å². The van der Waals surface area contributed by atoms with Gasteiger partial charge in [-0.3, -0.25) is 14.4 Å². The highest BCUT2D eigenvalue weighted by atomic mass is 16.7. The molecular weight excluding hydrogens is 424 g/mol. The molecule has 0 aromatic heterocycles. The topological polar surface area (TPSA) is 103 Å². The van der Waals surface area contributed by atoms with Crippen LogP contribution in [-0.4, -0.2) is 38.2 Å². The molecule has 2 amide bonds. The number of methoxy groups -OCH3 is 1. The quantitative estimate of drug-likeness (QED) is 0.626. The van der Waals surface area contributed by atoms with Crippen LogP contribution in [0.3, 0.4) is 0 Å². The zero-order valence-electron chi connectivity index (χ0n) is 18.6. The molecule has 0 radical (unpaired) electrons. The van der Waals surface area contributed by atoms with Crippen molar-refractivity contribution in [2.45, 2.75) is 43.9 Å². The van der Waals surface area contributed by atoms with Gasteiger partial charge in [-0.2, -0.15) is 0 Å². The SMILES string of the molecule is COC(=O)CNC(=O)Cc1ccc(NC(=O)C2(c3ccc4c(c3)OCO4)CCCCC2)cc1. The second kappa shape index (κ2) is 9.94. The van der Waals surface area contributed by atoms with Crippen LogP contribution < -0.4 is 20.1 Å². The fourth-order valence-corrected chi connectivity index (χ4v) is 4.44. The predicted molar refractivity (Wildman–Crippen MR) is 121 cm³/mol. The molecule has 0 atom stereocenters. The number of esters is 1. The summed E-state index contributed by atoms with van der Waals surface area (Å²) < 4.78 is 15.5. The van der Waals surface area contributed by atoms with Gasteiger partial charge in [0.2, 0.25) is 18.6 Å². The van der Waals surface area contributed by atoms with E-state index in [0.29, 0.717) is 17.2 Å². The van der Waals surface area contributed by atoms with Gasteiger partial charge in [-0.25, -0.2) is 0 Å². The van der Waals surface area contributed by atoms with Gasteiger partial charge in [0.05, 0.1) is 18.9 Å². The Bertz CT molecular complexity index is 1030. The van der Waals surface area contributed by atoms with Crippen molar-refractivity contribution in [3.05, 3.63) is 53.6 Å². The van der Waals surface area contributed by atoms with E-state index in [1.54, 1.807) is 24.3 Å². The second-order valence-corrected chi connectivity index (χ2v) is 8.39. The first-order chi connectivity index (χ1) is 16.0. The second-order valence-electron chi connectivity index (χ2n) is 8.39. The lowest BCUT2D eigenvalue weighted by atomic mass is 9.68. The molecule has 33 heavy (non-hydrogen) atoms. The van der Waals surface area contributed by atoms with Gasteiger partial charge >= 0.3 is 5.97 Å². The van der Waals surface area contributed by atoms with Gasteiger partial charge in [-0.1, -0.05) is 37.5 Å². The van der Waals surface area contributed by atoms with Crippen molar-refractivity contribution in [3.63, 3.8) is 0 Å². The molecule has 1 fully saturated rings. The third-order valence-corrected chi connectivity index (χ3v) is 6.30. The number of carbonyl (C=O) groups excluding carboxylic acids is 3. The highest BCUT2D eigenvalue weighted by molar-refractivity contribution is 5.99. The Labute approximate surface area is 192 Å². The van der Waals surface area contributed by atoms with Crippen LogP contribution in [0.25, 0.3) is 0 Å². The summed E-state index contributed by atoms with van der Waals surface area (Å²) in [6, 6.07) is 12.9. The Balaban J connectivity index is 1.44. The molecular formula is C25H28N2O6. The maximum absolute atomic E-state index is 13.5. The van der Waals surface area contributed by atoms with E-state index < -0.39 is 11.4 Å². The lowest BCUT2D eigenvalue weighted by Crippen LogP contribution is -2.42. The minimum absolute atomic E-state index is 0.0374. The summed E-state index contributed by atoms with van der Waals surface area (Å²) in [6.07, 6.45) is 4.77. The number of fused-ring (bicyclic) bond motifs is 1. The molecule has 174 valence electrons. The lowest BCUT2D eigenvalue weighted by Gasteiger charge is -2.36. The summed E-state index contributed by atoms with van der Waals surface area (Å²) >= 11 is 0. The average molecular weight is 453 g/mol. The van der Waals surface area contributed by atoms with Crippen LogP contribution in [0.2, 0.25) is 0 Å². The lowest BCUT2D eigenvalue weighted by molar-refractivity contribution is -0.141. The normalized spacial score (nSPS) is 16.0. The van der Waals surface area contributed by atoms with Crippen LogP contribution in [0.15, 0.2) is 42.5 Å². The van der Waals surface area contributed by atoms with Crippen molar-refractivity contribution >= 4 is 23.5 Å². The van der Waals surface area contributed by atoms with Gasteiger partial charge in [0.15, 0.2) is 11.5 Å². The highest BCUT2D eigenvalue weighted by Crippen LogP contribution is 2.44. The fourth-order valence-electron chi connectivity index (χ4n) is 4.44. The molecule has 4 rings (SSSR count). The van der Waals surface area contributed by atoms with E-state index in [0.717, 1.165) is 43.2 Å². The van der Waals surface area contributed by atoms with Crippen LogP contribution in [0.4, 0.5) is 5.69 Å². The molecule has 0 bridgehead atoms. The van der Waals surface area contributed by atoms with Crippen LogP contribution in [0.1, 0.15) is 43.2 Å². The minimum atomic E-state index is -0.619. The minimum Gasteiger partial charge on any atom is -0.468 e. The summed E-state index contributed by atoms with van der Waals surface area (Å²) in [5.41, 5.74) is 1.77.